The molecule has 0 spiro atoms. The Morgan fingerprint density at radius 1 is 0.971 bits per heavy atom. The Labute approximate surface area is 205 Å². The van der Waals surface area contributed by atoms with Gasteiger partial charge in [0.2, 0.25) is 5.91 Å². The first-order chi connectivity index (χ1) is 16.5. The maximum absolute atomic E-state index is 12.3. The Kier molecular flexibility index (Phi) is 5.22. The molecule has 1 aromatic heterocycles. The van der Waals surface area contributed by atoms with Gasteiger partial charge in [0.25, 0.3) is 0 Å². The van der Waals surface area contributed by atoms with Crippen molar-refractivity contribution in [1.29, 1.82) is 0 Å². The van der Waals surface area contributed by atoms with E-state index >= 15 is 0 Å². The molecular formula is C30H28N2OS. The highest BCUT2D eigenvalue weighted by atomic mass is 32.2. The molecule has 0 bridgehead atoms. The van der Waals surface area contributed by atoms with Crippen molar-refractivity contribution in [3.05, 3.63) is 90.0 Å². The largest absolute Gasteiger partial charge is 0.342 e. The average molecular weight is 465 g/mol. The molecule has 4 heteroatoms. The van der Waals surface area contributed by atoms with Gasteiger partial charge in [0.15, 0.2) is 0 Å². The standard InChI is InChI=1S/C30H28N2OS/c1-30-17-16-28(33)32(2)27(30)15-12-22-18-23(13-14-25(22)30)34-29-24-11-7-6-10-21(24)19-26(31-29)20-8-4-3-5-9-20/h3-11,13-14,18-19,27H,12,15-17H2,1-2H3/t27?,30-/m1/s1. The number of piperidine rings is 1. The molecule has 170 valence electrons. The second-order valence-corrected chi connectivity index (χ2v) is 10.9. The van der Waals surface area contributed by atoms with Gasteiger partial charge >= 0.3 is 0 Å². The van der Waals surface area contributed by atoms with Crippen LogP contribution in [0.15, 0.2) is 88.8 Å². The molecule has 1 aliphatic carbocycles. The van der Waals surface area contributed by atoms with E-state index in [1.165, 1.54) is 26.8 Å². The molecule has 34 heavy (non-hydrogen) atoms. The molecule has 4 aromatic rings. The van der Waals surface area contributed by atoms with E-state index in [1.54, 1.807) is 11.8 Å². The highest BCUT2D eigenvalue weighted by molar-refractivity contribution is 7.99. The lowest BCUT2D eigenvalue weighted by Gasteiger charge is -2.50. The number of pyridine rings is 1. The number of aromatic nitrogens is 1. The summed E-state index contributed by atoms with van der Waals surface area (Å²) in [6.07, 6.45) is 3.62. The van der Waals surface area contributed by atoms with Crippen LogP contribution in [-0.2, 0) is 16.6 Å². The fourth-order valence-corrected chi connectivity index (χ4v) is 6.94. The van der Waals surface area contributed by atoms with Crippen molar-refractivity contribution in [2.24, 2.45) is 0 Å². The van der Waals surface area contributed by atoms with Crippen molar-refractivity contribution in [1.82, 2.24) is 9.88 Å². The minimum absolute atomic E-state index is 0.0393. The Balaban J connectivity index is 1.38. The molecule has 6 rings (SSSR count). The summed E-state index contributed by atoms with van der Waals surface area (Å²) >= 11 is 1.75. The summed E-state index contributed by atoms with van der Waals surface area (Å²) in [5, 5.41) is 3.44. The van der Waals surface area contributed by atoms with E-state index in [9.17, 15) is 4.79 Å². The van der Waals surface area contributed by atoms with Crippen molar-refractivity contribution >= 4 is 28.4 Å². The van der Waals surface area contributed by atoms with Crippen LogP contribution in [0.1, 0.15) is 37.3 Å². The first-order valence-electron chi connectivity index (χ1n) is 12.0. The lowest BCUT2D eigenvalue weighted by Crippen LogP contribution is -2.56. The number of amides is 1. The quantitative estimate of drug-likeness (QED) is 0.331. The lowest BCUT2D eigenvalue weighted by molar-refractivity contribution is -0.138. The number of aryl methyl sites for hydroxylation is 1. The zero-order valence-corrected chi connectivity index (χ0v) is 20.4. The Bertz CT molecular complexity index is 1400. The van der Waals surface area contributed by atoms with Gasteiger partial charge in [-0.15, -0.1) is 0 Å². The number of benzene rings is 3. The van der Waals surface area contributed by atoms with Gasteiger partial charge in [-0.05, 0) is 54.0 Å². The summed E-state index contributed by atoms with van der Waals surface area (Å²) < 4.78 is 0. The third-order valence-electron chi connectivity index (χ3n) is 7.82. The zero-order valence-electron chi connectivity index (χ0n) is 19.6. The lowest BCUT2D eigenvalue weighted by atomic mass is 9.63. The van der Waals surface area contributed by atoms with Crippen LogP contribution in [0.25, 0.3) is 22.0 Å². The van der Waals surface area contributed by atoms with Gasteiger partial charge in [0.1, 0.15) is 5.03 Å². The zero-order chi connectivity index (χ0) is 23.3. The fraction of sp³-hybridized carbons (Fsp3) is 0.267. The summed E-state index contributed by atoms with van der Waals surface area (Å²) in [4.78, 5) is 20.6. The van der Waals surface area contributed by atoms with Crippen molar-refractivity contribution in [2.45, 2.75) is 54.0 Å². The van der Waals surface area contributed by atoms with Crippen LogP contribution in [0.5, 0.6) is 0 Å². The smallest absolute Gasteiger partial charge is 0.222 e. The summed E-state index contributed by atoms with van der Waals surface area (Å²) in [6, 6.07) is 28.3. The third kappa shape index (κ3) is 3.52. The third-order valence-corrected chi connectivity index (χ3v) is 8.82. The topological polar surface area (TPSA) is 33.2 Å². The van der Waals surface area contributed by atoms with E-state index in [-0.39, 0.29) is 11.3 Å². The molecule has 3 aromatic carbocycles. The second-order valence-electron chi connectivity index (χ2n) is 9.80. The van der Waals surface area contributed by atoms with E-state index in [1.807, 2.05) is 18.0 Å². The van der Waals surface area contributed by atoms with Gasteiger partial charge < -0.3 is 4.90 Å². The molecule has 3 nitrogen and oxygen atoms in total. The van der Waals surface area contributed by atoms with Crippen LogP contribution < -0.4 is 0 Å². The maximum atomic E-state index is 12.3. The second kappa shape index (κ2) is 8.28. The van der Waals surface area contributed by atoms with Crippen LogP contribution in [0.3, 0.4) is 0 Å². The molecule has 1 saturated heterocycles. The monoisotopic (exact) mass is 464 g/mol. The van der Waals surface area contributed by atoms with Crippen LogP contribution in [0.4, 0.5) is 0 Å². The van der Waals surface area contributed by atoms with E-state index in [2.05, 4.69) is 79.7 Å². The Morgan fingerprint density at radius 3 is 2.62 bits per heavy atom. The summed E-state index contributed by atoms with van der Waals surface area (Å²) in [5.41, 5.74) is 5.02. The molecule has 1 unspecified atom stereocenters. The van der Waals surface area contributed by atoms with Crippen molar-refractivity contribution in [2.75, 3.05) is 7.05 Å². The number of likely N-dealkylation sites (tertiary alicyclic amines) is 1. The number of hydrogen-bond donors (Lipinski definition) is 0. The van der Waals surface area contributed by atoms with Crippen LogP contribution in [-0.4, -0.2) is 28.9 Å². The molecule has 1 amide bonds. The van der Waals surface area contributed by atoms with Gasteiger partial charge in [-0.1, -0.05) is 79.3 Å². The predicted octanol–water partition coefficient (Wildman–Crippen LogP) is 6.88. The van der Waals surface area contributed by atoms with Crippen LogP contribution >= 0.6 is 11.8 Å². The summed E-state index contributed by atoms with van der Waals surface area (Å²) in [7, 11) is 1.98. The van der Waals surface area contributed by atoms with E-state index < -0.39 is 0 Å². The number of hydrogen-bond acceptors (Lipinski definition) is 3. The number of nitrogens with zero attached hydrogens (tertiary/aromatic N) is 2. The number of fused-ring (bicyclic) bond motifs is 4. The molecule has 2 aliphatic rings. The van der Waals surface area contributed by atoms with Crippen molar-refractivity contribution in [3.8, 4) is 11.3 Å². The van der Waals surface area contributed by atoms with Gasteiger partial charge in [-0.3, -0.25) is 4.79 Å². The van der Waals surface area contributed by atoms with Crippen LogP contribution in [0, 0.1) is 0 Å². The van der Waals surface area contributed by atoms with Crippen molar-refractivity contribution < 1.29 is 4.79 Å². The number of carbonyl (C=O) groups is 1. The molecule has 2 heterocycles. The van der Waals surface area contributed by atoms with Gasteiger partial charge in [-0.2, -0.15) is 0 Å². The SMILES string of the molecule is CN1C(=O)CC[C@]2(C)c3ccc(Sc4nc(-c5ccccc5)cc5ccccc45)cc3CCC12. The number of rotatable bonds is 3. The molecule has 0 radical (unpaired) electrons. The van der Waals surface area contributed by atoms with Crippen molar-refractivity contribution in [3.63, 3.8) is 0 Å². The predicted molar refractivity (Wildman–Crippen MR) is 139 cm³/mol. The van der Waals surface area contributed by atoms with Crippen LogP contribution in [0.2, 0.25) is 0 Å². The summed E-state index contributed by atoms with van der Waals surface area (Å²) in [6.45, 7) is 2.35. The van der Waals surface area contributed by atoms with E-state index in [0.717, 1.165) is 35.5 Å². The molecule has 1 fully saturated rings. The molecule has 1 aliphatic heterocycles. The molecule has 0 saturated carbocycles. The Hall–Kier alpha value is -3.11. The average Bonchev–Trinajstić information content (AvgIpc) is 2.87. The Morgan fingerprint density at radius 2 is 1.76 bits per heavy atom. The highest BCUT2D eigenvalue weighted by Gasteiger charge is 2.46. The number of carbonyl (C=O) groups excluding carboxylic acids is 1. The number of likely N-dealkylation sites (N-methyl/N-ethyl adjacent to an activating group) is 1. The normalized spacial score (nSPS) is 21.9. The molecule has 2 atom stereocenters. The maximum Gasteiger partial charge on any atom is 0.222 e. The first-order valence-corrected chi connectivity index (χ1v) is 12.9. The molecular weight excluding hydrogens is 436 g/mol. The van der Waals surface area contributed by atoms with Gasteiger partial charge in [0, 0.05) is 40.8 Å². The van der Waals surface area contributed by atoms with Gasteiger partial charge in [-0.25, -0.2) is 4.98 Å². The highest BCUT2D eigenvalue weighted by Crippen LogP contribution is 2.47. The van der Waals surface area contributed by atoms with Gasteiger partial charge in [0.05, 0.1) is 5.69 Å². The van der Waals surface area contributed by atoms with E-state index in [0.29, 0.717) is 12.5 Å². The minimum Gasteiger partial charge on any atom is -0.342 e. The fourth-order valence-electron chi connectivity index (χ4n) is 5.94. The minimum atomic E-state index is 0.0393. The first kappa shape index (κ1) is 21.4. The molecule has 0 N–H and O–H groups in total. The summed E-state index contributed by atoms with van der Waals surface area (Å²) in [5.74, 6) is 0.286. The van der Waals surface area contributed by atoms with E-state index in [4.69, 9.17) is 4.98 Å².